The second-order valence-corrected chi connectivity index (χ2v) is 8.46. The third-order valence-corrected chi connectivity index (χ3v) is 6.03. The number of ether oxygens (including phenoxy) is 2. The summed E-state index contributed by atoms with van der Waals surface area (Å²) in [5.41, 5.74) is 5.41. The fourth-order valence-electron chi connectivity index (χ4n) is 4.44. The number of rotatable bonds is 6. The van der Waals surface area contributed by atoms with Gasteiger partial charge in [-0.3, -0.25) is 9.79 Å². The molecule has 36 heavy (non-hydrogen) atoms. The van der Waals surface area contributed by atoms with Crippen molar-refractivity contribution in [2.45, 2.75) is 12.8 Å². The number of amides is 1. The summed E-state index contributed by atoms with van der Waals surface area (Å²) in [5, 5.41) is 2.81. The van der Waals surface area contributed by atoms with E-state index in [9.17, 15) is 4.79 Å². The minimum absolute atomic E-state index is 0.0665. The van der Waals surface area contributed by atoms with E-state index in [4.69, 9.17) is 14.5 Å². The summed E-state index contributed by atoms with van der Waals surface area (Å²) in [6.45, 7) is 1.47. The Kier molecular flexibility index (Phi) is 6.63. The molecule has 0 aromatic heterocycles. The predicted molar refractivity (Wildman–Crippen MR) is 144 cm³/mol. The molecular weight excluding hydrogens is 448 g/mol. The third kappa shape index (κ3) is 4.77. The van der Waals surface area contributed by atoms with Gasteiger partial charge in [-0.15, -0.1) is 0 Å². The Balaban J connectivity index is 1.67. The Morgan fingerprint density at radius 2 is 1.61 bits per heavy atom. The van der Waals surface area contributed by atoms with Crippen LogP contribution in [-0.4, -0.2) is 19.2 Å². The number of hydrogen-bond acceptors (Lipinski definition) is 4. The molecular formula is C31H26N2O3. The van der Waals surface area contributed by atoms with Gasteiger partial charge in [-0.2, -0.15) is 0 Å². The molecule has 1 aliphatic rings. The summed E-state index contributed by atoms with van der Waals surface area (Å²) in [6.07, 6.45) is 1.87. The Bertz CT molecular complexity index is 1440. The van der Waals surface area contributed by atoms with E-state index in [1.54, 1.807) is 19.2 Å². The van der Waals surface area contributed by atoms with Crippen LogP contribution in [0.3, 0.4) is 0 Å². The van der Waals surface area contributed by atoms with Gasteiger partial charge >= 0.3 is 0 Å². The summed E-state index contributed by atoms with van der Waals surface area (Å²) >= 11 is 0. The molecule has 4 aromatic carbocycles. The molecule has 4 aromatic rings. The number of aliphatic imine (C=N–C) groups is 1. The van der Waals surface area contributed by atoms with Crippen LogP contribution in [0.1, 0.15) is 29.5 Å². The van der Waals surface area contributed by atoms with E-state index in [0.29, 0.717) is 17.1 Å². The molecule has 0 saturated heterocycles. The summed E-state index contributed by atoms with van der Waals surface area (Å²) in [4.78, 5) is 16.5. The molecule has 1 aliphatic heterocycles. The van der Waals surface area contributed by atoms with Crippen LogP contribution in [0.4, 0.5) is 11.4 Å². The highest BCUT2D eigenvalue weighted by molar-refractivity contribution is 5.96. The SMILES string of the molecule is COc1ccc(N=CC2=C(c3ccccc3)Oc3ccccc3C2c2ccccc2)cc1NC(C)=O. The number of hydrogen-bond donors (Lipinski definition) is 1. The van der Waals surface area contributed by atoms with E-state index in [1.165, 1.54) is 6.92 Å². The van der Waals surface area contributed by atoms with Crippen LogP contribution >= 0.6 is 0 Å². The Morgan fingerprint density at radius 1 is 0.917 bits per heavy atom. The second-order valence-electron chi connectivity index (χ2n) is 8.46. The van der Waals surface area contributed by atoms with E-state index in [1.807, 2.05) is 79.0 Å². The number of allylic oxidation sites excluding steroid dienone is 1. The van der Waals surface area contributed by atoms with Crippen LogP contribution in [-0.2, 0) is 4.79 Å². The fourth-order valence-corrected chi connectivity index (χ4v) is 4.44. The van der Waals surface area contributed by atoms with Crippen molar-refractivity contribution in [2.75, 3.05) is 12.4 Å². The molecule has 5 nitrogen and oxygen atoms in total. The zero-order chi connectivity index (χ0) is 24.9. The standard InChI is InChI=1S/C31H26N2O3/c1-21(34)33-27-19-24(17-18-29(27)35-2)32-20-26-30(22-11-5-3-6-12-22)25-15-9-10-16-28(25)36-31(26)23-13-7-4-8-14-23/h3-20,30H,1-2H3,(H,33,34). The minimum Gasteiger partial charge on any atom is -0.495 e. The maximum Gasteiger partial charge on any atom is 0.221 e. The lowest BCUT2D eigenvalue weighted by molar-refractivity contribution is -0.114. The number of benzene rings is 4. The average Bonchev–Trinajstić information content (AvgIpc) is 2.92. The van der Waals surface area contributed by atoms with E-state index in [0.717, 1.165) is 33.8 Å². The topological polar surface area (TPSA) is 59.9 Å². The van der Waals surface area contributed by atoms with Gasteiger partial charge in [0.05, 0.1) is 18.5 Å². The number of nitrogens with one attached hydrogen (secondary N) is 1. The molecule has 0 spiro atoms. The summed E-state index contributed by atoms with van der Waals surface area (Å²) in [7, 11) is 1.57. The lowest BCUT2D eigenvalue weighted by Crippen LogP contribution is -2.17. The normalized spacial score (nSPS) is 14.8. The molecule has 5 heteroatoms. The van der Waals surface area contributed by atoms with Gasteiger partial charge in [-0.1, -0.05) is 78.9 Å². The summed E-state index contributed by atoms with van der Waals surface area (Å²) in [5.74, 6) is 1.93. The predicted octanol–water partition coefficient (Wildman–Crippen LogP) is 6.99. The zero-order valence-corrected chi connectivity index (χ0v) is 20.1. The number of fused-ring (bicyclic) bond motifs is 1. The molecule has 5 rings (SSSR count). The van der Waals surface area contributed by atoms with Gasteiger partial charge < -0.3 is 14.8 Å². The number of methoxy groups -OCH3 is 1. The first-order chi connectivity index (χ1) is 17.6. The van der Waals surface area contributed by atoms with E-state index < -0.39 is 0 Å². The van der Waals surface area contributed by atoms with Crippen molar-refractivity contribution in [3.63, 3.8) is 0 Å². The van der Waals surface area contributed by atoms with Crippen LogP contribution in [0.5, 0.6) is 11.5 Å². The second kappa shape index (κ2) is 10.3. The van der Waals surface area contributed by atoms with Gasteiger partial charge in [0, 0.05) is 35.8 Å². The van der Waals surface area contributed by atoms with Gasteiger partial charge in [0.1, 0.15) is 17.3 Å². The lowest BCUT2D eigenvalue weighted by Gasteiger charge is -2.30. The van der Waals surface area contributed by atoms with Gasteiger partial charge in [0.25, 0.3) is 0 Å². The maximum absolute atomic E-state index is 11.7. The van der Waals surface area contributed by atoms with Gasteiger partial charge in [-0.05, 0) is 29.8 Å². The molecule has 1 amide bonds. The largest absolute Gasteiger partial charge is 0.495 e. The average molecular weight is 475 g/mol. The molecule has 0 aliphatic carbocycles. The van der Waals surface area contributed by atoms with Gasteiger partial charge in [0.2, 0.25) is 5.91 Å². The van der Waals surface area contributed by atoms with Crippen LogP contribution in [0.15, 0.2) is 114 Å². The molecule has 0 fully saturated rings. The van der Waals surface area contributed by atoms with Crippen molar-refractivity contribution in [3.8, 4) is 11.5 Å². The number of carbonyl (C=O) groups excluding carboxylic acids is 1. The van der Waals surface area contributed by atoms with E-state index in [-0.39, 0.29) is 11.8 Å². The van der Waals surface area contributed by atoms with Gasteiger partial charge in [0.15, 0.2) is 0 Å². The molecule has 0 radical (unpaired) electrons. The van der Waals surface area contributed by atoms with Crippen LogP contribution in [0.2, 0.25) is 0 Å². The van der Waals surface area contributed by atoms with Crippen molar-refractivity contribution < 1.29 is 14.3 Å². The van der Waals surface area contributed by atoms with Crippen molar-refractivity contribution in [1.29, 1.82) is 0 Å². The van der Waals surface area contributed by atoms with Crippen LogP contribution < -0.4 is 14.8 Å². The van der Waals surface area contributed by atoms with E-state index >= 15 is 0 Å². The number of para-hydroxylation sites is 1. The van der Waals surface area contributed by atoms with Crippen molar-refractivity contribution in [2.24, 2.45) is 4.99 Å². The highest BCUT2D eigenvalue weighted by Gasteiger charge is 2.30. The van der Waals surface area contributed by atoms with Crippen molar-refractivity contribution in [3.05, 3.63) is 125 Å². The maximum atomic E-state index is 11.7. The quantitative estimate of drug-likeness (QED) is 0.306. The van der Waals surface area contributed by atoms with Crippen LogP contribution in [0, 0.1) is 0 Å². The highest BCUT2D eigenvalue weighted by atomic mass is 16.5. The molecule has 0 bridgehead atoms. The monoisotopic (exact) mass is 474 g/mol. The number of carbonyl (C=O) groups is 1. The molecule has 1 N–H and O–H groups in total. The highest BCUT2D eigenvalue weighted by Crippen LogP contribution is 2.45. The van der Waals surface area contributed by atoms with Gasteiger partial charge in [-0.25, -0.2) is 0 Å². The Hall–Kier alpha value is -4.64. The zero-order valence-electron chi connectivity index (χ0n) is 20.1. The first-order valence-corrected chi connectivity index (χ1v) is 11.7. The molecule has 0 saturated carbocycles. The van der Waals surface area contributed by atoms with Crippen LogP contribution in [0.25, 0.3) is 5.76 Å². The molecule has 1 unspecified atom stereocenters. The van der Waals surface area contributed by atoms with Crippen molar-refractivity contribution >= 4 is 29.3 Å². The Labute approximate surface area is 210 Å². The smallest absolute Gasteiger partial charge is 0.221 e. The van der Waals surface area contributed by atoms with E-state index in [2.05, 4.69) is 23.5 Å². The first-order valence-electron chi connectivity index (χ1n) is 11.7. The van der Waals surface area contributed by atoms with Crippen molar-refractivity contribution in [1.82, 2.24) is 0 Å². The molecule has 1 heterocycles. The number of anilines is 1. The minimum atomic E-state index is -0.176. The number of nitrogens with zero attached hydrogens (tertiary/aromatic N) is 1. The lowest BCUT2D eigenvalue weighted by atomic mass is 9.81. The molecule has 178 valence electrons. The third-order valence-electron chi connectivity index (χ3n) is 6.03. The first kappa shape index (κ1) is 23.1. The molecule has 1 atom stereocenters. The summed E-state index contributed by atoms with van der Waals surface area (Å²) < 4.78 is 11.9. The summed E-state index contributed by atoms with van der Waals surface area (Å²) in [6, 6.07) is 34.0. The Morgan fingerprint density at radius 3 is 2.33 bits per heavy atom. The fraction of sp³-hybridized carbons (Fsp3) is 0.0968.